The monoisotopic (exact) mass is 336 g/mol. The number of hydrogen-bond donors (Lipinski definition) is 0. The number of hydrogen-bond acceptors (Lipinski definition) is 4. The third kappa shape index (κ3) is 3.91. The van der Waals surface area contributed by atoms with Gasteiger partial charge in [-0.25, -0.2) is 0 Å². The van der Waals surface area contributed by atoms with Crippen LogP contribution in [0, 0.1) is 0 Å². The van der Waals surface area contributed by atoms with Gasteiger partial charge in [0.1, 0.15) is 11.5 Å². The SMILES string of the molecule is O=C(c1ccccc1OC(F)F)N1CCN(Cc2ccco2)CC1. The van der Waals surface area contributed by atoms with Gasteiger partial charge >= 0.3 is 6.61 Å². The second-order valence-electron chi connectivity index (χ2n) is 5.52. The average molecular weight is 336 g/mol. The van der Waals surface area contributed by atoms with Crippen LogP contribution in [0.3, 0.4) is 0 Å². The van der Waals surface area contributed by atoms with E-state index in [1.54, 1.807) is 23.3 Å². The van der Waals surface area contributed by atoms with Crippen LogP contribution < -0.4 is 4.74 Å². The maximum absolute atomic E-state index is 12.6. The second kappa shape index (κ2) is 7.44. The first-order chi connectivity index (χ1) is 11.6. The molecule has 128 valence electrons. The Balaban J connectivity index is 1.61. The second-order valence-corrected chi connectivity index (χ2v) is 5.52. The van der Waals surface area contributed by atoms with Gasteiger partial charge in [0.25, 0.3) is 5.91 Å². The zero-order valence-electron chi connectivity index (χ0n) is 13.0. The third-order valence-corrected chi connectivity index (χ3v) is 3.95. The first-order valence-electron chi connectivity index (χ1n) is 7.71. The predicted molar refractivity (Wildman–Crippen MR) is 83.0 cm³/mol. The molecule has 1 saturated heterocycles. The van der Waals surface area contributed by atoms with E-state index in [1.165, 1.54) is 12.1 Å². The van der Waals surface area contributed by atoms with E-state index >= 15 is 0 Å². The van der Waals surface area contributed by atoms with Gasteiger partial charge in [0.05, 0.1) is 18.4 Å². The summed E-state index contributed by atoms with van der Waals surface area (Å²) in [7, 11) is 0. The van der Waals surface area contributed by atoms with Gasteiger partial charge in [-0.3, -0.25) is 9.69 Å². The average Bonchev–Trinajstić information content (AvgIpc) is 3.08. The van der Waals surface area contributed by atoms with Crippen molar-refractivity contribution in [3.05, 3.63) is 54.0 Å². The number of carbonyl (C=O) groups is 1. The summed E-state index contributed by atoms with van der Waals surface area (Å²) in [4.78, 5) is 16.4. The fourth-order valence-electron chi connectivity index (χ4n) is 2.74. The number of ether oxygens (including phenoxy) is 1. The van der Waals surface area contributed by atoms with Crippen LogP contribution in [0.4, 0.5) is 8.78 Å². The smallest absolute Gasteiger partial charge is 0.387 e. The van der Waals surface area contributed by atoms with E-state index < -0.39 is 6.61 Å². The highest BCUT2D eigenvalue weighted by atomic mass is 19.3. The van der Waals surface area contributed by atoms with Crippen molar-refractivity contribution in [2.24, 2.45) is 0 Å². The Hall–Kier alpha value is -2.41. The molecule has 0 bridgehead atoms. The van der Waals surface area contributed by atoms with Gasteiger partial charge in [-0.15, -0.1) is 0 Å². The minimum absolute atomic E-state index is 0.0875. The summed E-state index contributed by atoms with van der Waals surface area (Å²) >= 11 is 0. The molecule has 0 N–H and O–H groups in total. The van der Waals surface area contributed by atoms with Crippen molar-refractivity contribution in [2.75, 3.05) is 26.2 Å². The Kier molecular flexibility index (Phi) is 5.10. The van der Waals surface area contributed by atoms with Gasteiger partial charge in [-0.1, -0.05) is 12.1 Å². The van der Waals surface area contributed by atoms with Gasteiger partial charge in [-0.2, -0.15) is 8.78 Å². The van der Waals surface area contributed by atoms with E-state index in [9.17, 15) is 13.6 Å². The van der Waals surface area contributed by atoms with E-state index in [-0.39, 0.29) is 17.2 Å². The van der Waals surface area contributed by atoms with Crippen LogP contribution in [-0.2, 0) is 6.54 Å². The number of alkyl halides is 2. The molecule has 5 nitrogen and oxygen atoms in total. The largest absolute Gasteiger partial charge is 0.468 e. The maximum atomic E-state index is 12.6. The number of para-hydroxylation sites is 1. The van der Waals surface area contributed by atoms with Crippen molar-refractivity contribution >= 4 is 5.91 Å². The molecular weight excluding hydrogens is 318 g/mol. The summed E-state index contributed by atoms with van der Waals surface area (Å²) in [5.41, 5.74) is 0.164. The van der Waals surface area contributed by atoms with E-state index in [4.69, 9.17) is 4.42 Å². The molecule has 2 aromatic rings. The van der Waals surface area contributed by atoms with Crippen molar-refractivity contribution in [1.82, 2.24) is 9.80 Å². The number of halogens is 2. The molecule has 3 rings (SSSR count). The summed E-state index contributed by atoms with van der Waals surface area (Å²) in [6.07, 6.45) is 1.63. The molecule has 0 spiro atoms. The molecule has 0 radical (unpaired) electrons. The Labute approximate surface area is 138 Å². The molecule has 24 heavy (non-hydrogen) atoms. The Morgan fingerprint density at radius 1 is 1.12 bits per heavy atom. The summed E-state index contributed by atoms with van der Waals surface area (Å²) in [5.74, 6) is 0.505. The molecule has 1 aromatic carbocycles. The summed E-state index contributed by atoms with van der Waals surface area (Å²) < 4.78 is 34.7. The third-order valence-electron chi connectivity index (χ3n) is 3.95. The van der Waals surface area contributed by atoms with Crippen LogP contribution in [0.2, 0.25) is 0 Å². The number of furan rings is 1. The Morgan fingerprint density at radius 3 is 2.54 bits per heavy atom. The zero-order chi connectivity index (χ0) is 16.9. The molecule has 7 heteroatoms. The van der Waals surface area contributed by atoms with Crippen LogP contribution in [0.5, 0.6) is 5.75 Å². The van der Waals surface area contributed by atoms with Gasteiger partial charge < -0.3 is 14.1 Å². The van der Waals surface area contributed by atoms with Crippen molar-refractivity contribution in [3.63, 3.8) is 0 Å². The van der Waals surface area contributed by atoms with Crippen LogP contribution in [0.25, 0.3) is 0 Å². The van der Waals surface area contributed by atoms with Crippen molar-refractivity contribution < 1.29 is 22.7 Å². The topological polar surface area (TPSA) is 45.9 Å². The Bertz CT molecular complexity index is 668. The molecule has 1 amide bonds. The minimum atomic E-state index is -2.95. The maximum Gasteiger partial charge on any atom is 0.387 e. The van der Waals surface area contributed by atoms with E-state index in [1.807, 2.05) is 12.1 Å². The molecule has 0 atom stereocenters. The lowest BCUT2D eigenvalue weighted by molar-refractivity contribution is -0.0503. The predicted octanol–water partition coefficient (Wildman–Crippen LogP) is 2.84. The van der Waals surface area contributed by atoms with Crippen LogP contribution in [0.1, 0.15) is 16.1 Å². The molecule has 0 saturated carbocycles. The summed E-state index contributed by atoms with van der Waals surface area (Å²) in [6, 6.07) is 9.85. The fourth-order valence-corrected chi connectivity index (χ4v) is 2.74. The highest BCUT2D eigenvalue weighted by molar-refractivity contribution is 5.97. The quantitative estimate of drug-likeness (QED) is 0.842. The van der Waals surface area contributed by atoms with Crippen LogP contribution in [-0.4, -0.2) is 48.5 Å². The number of carbonyl (C=O) groups excluding carboxylic acids is 1. The van der Waals surface area contributed by atoms with Gasteiger partial charge in [0.2, 0.25) is 0 Å². The lowest BCUT2D eigenvalue weighted by Gasteiger charge is -2.34. The first-order valence-corrected chi connectivity index (χ1v) is 7.71. The van der Waals surface area contributed by atoms with Crippen LogP contribution >= 0.6 is 0 Å². The van der Waals surface area contributed by atoms with Gasteiger partial charge in [0.15, 0.2) is 0 Å². The lowest BCUT2D eigenvalue weighted by Crippen LogP contribution is -2.48. The molecular formula is C17H18F2N2O3. The summed E-state index contributed by atoms with van der Waals surface area (Å²) in [6.45, 7) is 0.198. The summed E-state index contributed by atoms with van der Waals surface area (Å²) in [5, 5.41) is 0. The molecule has 1 aliphatic heterocycles. The first kappa shape index (κ1) is 16.4. The van der Waals surface area contributed by atoms with Crippen molar-refractivity contribution in [1.29, 1.82) is 0 Å². The molecule has 1 aromatic heterocycles. The molecule has 2 heterocycles. The van der Waals surface area contributed by atoms with Crippen molar-refractivity contribution in [3.8, 4) is 5.75 Å². The Morgan fingerprint density at radius 2 is 1.88 bits per heavy atom. The molecule has 0 unspecified atom stereocenters. The normalized spacial score (nSPS) is 15.7. The van der Waals surface area contributed by atoms with Gasteiger partial charge in [0, 0.05) is 26.2 Å². The number of rotatable bonds is 5. The van der Waals surface area contributed by atoms with E-state index in [2.05, 4.69) is 9.64 Å². The zero-order valence-corrected chi connectivity index (χ0v) is 13.0. The molecule has 1 aliphatic rings. The van der Waals surface area contributed by atoms with E-state index in [0.29, 0.717) is 32.7 Å². The minimum Gasteiger partial charge on any atom is -0.468 e. The number of benzene rings is 1. The number of piperazine rings is 1. The van der Waals surface area contributed by atoms with Crippen LogP contribution in [0.15, 0.2) is 47.1 Å². The standard InChI is InChI=1S/C17H18F2N2O3/c18-17(19)24-15-6-2-1-5-14(15)16(22)21-9-7-20(8-10-21)12-13-4-3-11-23-13/h1-6,11,17H,7-10,12H2. The molecule has 0 aliphatic carbocycles. The number of nitrogens with zero attached hydrogens (tertiary/aromatic N) is 2. The number of amides is 1. The fraction of sp³-hybridized carbons (Fsp3) is 0.353. The highest BCUT2D eigenvalue weighted by Crippen LogP contribution is 2.22. The molecule has 1 fully saturated rings. The van der Waals surface area contributed by atoms with E-state index in [0.717, 1.165) is 5.76 Å². The van der Waals surface area contributed by atoms with Gasteiger partial charge in [-0.05, 0) is 24.3 Å². The highest BCUT2D eigenvalue weighted by Gasteiger charge is 2.25. The van der Waals surface area contributed by atoms with Crippen molar-refractivity contribution in [2.45, 2.75) is 13.2 Å². The lowest BCUT2D eigenvalue weighted by atomic mass is 10.1.